The molecule has 7 unspecified atom stereocenters. The first-order chi connectivity index (χ1) is 16.1. The molecule has 33 heavy (non-hydrogen) atoms. The summed E-state index contributed by atoms with van der Waals surface area (Å²) in [5.74, 6) is 1.56. The van der Waals surface area contributed by atoms with E-state index in [1.807, 2.05) is 0 Å². The zero-order valence-electron chi connectivity index (χ0n) is 20.3. The van der Waals surface area contributed by atoms with Gasteiger partial charge >= 0.3 is 6.03 Å². The monoisotopic (exact) mass is 464 g/mol. The number of nitrogens with one attached hydrogen (secondary N) is 3. The number of fused-ring (bicyclic) bond motifs is 3. The van der Waals surface area contributed by atoms with Crippen LogP contribution in [-0.2, 0) is 0 Å². The number of piperazine rings is 1. The molecule has 0 aromatic carbocycles. The van der Waals surface area contributed by atoms with E-state index in [0.717, 1.165) is 24.7 Å². The van der Waals surface area contributed by atoms with E-state index in [9.17, 15) is 9.18 Å². The highest BCUT2D eigenvalue weighted by molar-refractivity contribution is 5.74. The largest absolute Gasteiger partial charge is 0.337 e. The molecule has 188 valence electrons. The number of carbonyl (C=O) groups is 1. The summed E-state index contributed by atoms with van der Waals surface area (Å²) < 4.78 is 13.6. The normalized spacial score (nSPS) is 40.5. The molecule has 2 amide bonds. The third-order valence-electron chi connectivity index (χ3n) is 9.08. The fourth-order valence-corrected chi connectivity index (χ4v) is 7.11. The second-order valence-corrected chi connectivity index (χ2v) is 11.3. The van der Waals surface area contributed by atoms with Gasteiger partial charge in [-0.2, -0.15) is 0 Å². The quantitative estimate of drug-likeness (QED) is 0.561. The predicted molar refractivity (Wildman–Crippen MR) is 129 cm³/mol. The molecule has 1 aliphatic carbocycles. The average molecular weight is 465 g/mol. The van der Waals surface area contributed by atoms with E-state index in [0.29, 0.717) is 31.6 Å². The summed E-state index contributed by atoms with van der Waals surface area (Å²) in [4.78, 5) is 20.3. The number of rotatable bonds is 6. The van der Waals surface area contributed by atoms with Crippen molar-refractivity contribution in [2.75, 3.05) is 58.9 Å². The van der Waals surface area contributed by atoms with Crippen molar-refractivity contribution < 1.29 is 9.18 Å². The topological polar surface area (TPSA) is 62.9 Å². The number of piperidine rings is 4. The zero-order chi connectivity index (χ0) is 22.6. The molecule has 5 saturated heterocycles. The number of urea groups is 1. The molecule has 6 fully saturated rings. The van der Waals surface area contributed by atoms with Gasteiger partial charge in [-0.1, -0.05) is 0 Å². The van der Waals surface area contributed by atoms with Crippen molar-refractivity contribution in [3.05, 3.63) is 0 Å². The molecule has 0 aromatic rings. The van der Waals surface area contributed by atoms with E-state index < -0.39 is 6.17 Å². The van der Waals surface area contributed by atoms with Crippen LogP contribution in [0.2, 0.25) is 0 Å². The standard InChI is InChI=1S/C25H45FN6O/c26-21-4-3-5-22(15-21)29-25(33)28-16-23-14-19-7-9-32(23)18-20(19)17-30-10-12-31(13-11-30)24-6-1-2-8-27-24/h19-24,27H,1-18H2,(H2,28,29,33). The molecule has 8 heteroatoms. The van der Waals surface area contributed by atoms with Gasteiger partial charge in [0.25, 0.3) is 0 Å². The van der Waals surface area contributed by atoms with E-state index in [1.165, 1.54) is 84.5 Å². The molecule has 3 N–H and O–H groups in total. The van der Waals surface area contributed by atoms with Crippen LogP contribution in [0.1, 0.15) is 57.8 Å². The molecule has 6 aliphatic rings. The molecule has 0 spiro atoms. The van der Waals surface area contributed by atoms with E-state index in [-0.39, 0.29) is 12.1 Å². The Morgan fingerprint density at radius 1 is 0.939 bits per heavy atom. The van der Waals surface area contributed by atoms with Gasteiger partial charge in [0, 0.05) is 57.9 Å². The summed E-state index contributed by atoms with van der Waals surface area (Å²) in [6.45, 7) is 10.3. The van der Waals surface area contributed by atoms with Gasteiger partial charge in [-0.15, -0.1) is 0 Å². The summed E-state index contributed by atoms with van der Waals surface area (Å²) >= 11 is 0. The number of amides is 2. The van der Waals surface area contributed by atoms with Crippen LogP contribution in [0, 0.1) is 11.8 Å². The predicted octanol–water partition coefficient (Wildman–Crippen LogP) is 1.99. The fraction of sp³-hybridized carbons (Fsp3) is 0.960. The summed E-state index contributed by atoms with van der Waals surface area (Å²) in [5, 5.41) is 9.80. The lowest BCUT2D eigenvalue weighted by atomic mass is 9.75. The molecular weight excluding hydrogens is 419 g/mol. The lowest BCUT2D eigenvalue weighted by Crippen LogP contribution is -2.60. The van der Waals surface area contributed by atoms with Crippen molar-refractivity contribution >= 4 is 6.03 Å². The summed E-state index contributed by atoms with van der Waals surface area (Å²) in [6, 6.07) is 0.342. The number of hydrogen-bond donors (Lipinski definition) is 3. The Bertz CT molecular complexity index is 638. The summed E-state index contributed by atoms with van der Waals surface area (Å²) in [5.41, 5.74) is 0. The molecule has 0 radical (unpaired) electrons. The third kappa shape index (κ3) is 6.19. The maximum atomic E-state index is 13.6. The van der Waals surface area contributed by atoms with Crippen LogP contribution in [0.25, 0.3) is 0 Å². The first kappa shape index (κ1) is 23.8. The van der Waals surface area contributed by atoms with Crippen molar-refractivity contribution in [3.63, 3.8) is 0 Å². The van der Waals surface area contributed by atoms with Gasteiger partial charge in [0.1, 0.15) is 6.17 Å². The highest BCUT2D eigenvalue weighted by Gasteiger charge is 2.41. The lowest BCUT2D eigenvalue weighted by Gasteiger charge is -2.51. The number of hydrogen-bond acceptors (Lipinski definition) is 5. The van der Waals surface area contributed by atoms with Crippen molar-refractivity contribution in [2.45, 2.75) is 82.2 Å². The molecule has 5 aliphatic heterocycles. The van der Waals surface area contributed by atoms with E-state index in [4.69, 9.17) is 0 Å². The van der Waals surface area contributed by atoms with Crippen molar-refractivity contribution in [3.8, 4) is 0 Å². The Labute approximate surface area is 199 Å². The Kier molecular flexibility index (Phi) is 8.06. The second-order valence-electron chi connectivity index (χ2n) is 11.3. The SMILES string of the molecule is O=C(NCC1CC2CCN1CC2CN1CCN(C2CCCCN2)CC1)NC1CCCC(F)C1. The molecule has 2 bridgehead atoms. The Balaban J connectivity index is 1.02. The van der Waals surface area contributed by atoms with Crippen LogP contribution < -0.4 is 16.0 Å². The van der Waals surface area contributed by atoms with Crippen LogP contribution in [0.4, 0.5) is 9.18 Å². The number of nitrogens with zero attached hydrogens (tertiary/aromatic N) is 3. The Morgan fingerprint density at radius 2 is 1.82 bits per heavy atom. The summed E-state index contributed by atoms with van der Waals surface area (Å²) in [6.07, 6.45) is 9.26. The maximum absolute atomic E-state index is 13.6. The molecule has 0 aromatic heterocycles. The van der Waals surface area contributed by atoms with Gasteiger partial charge in [0.05, 0.1) is 6.17 Å². The van der Waals surface area contributed by atoms with Gasteiger partial charge in [0.15, 0.2) is 0 Å². The highest BCUT2D eigenvalue weighted by atomic mass is 19.1. The number of carbonyl (C=O) groups excluding carboxylic acids is 1. The van der Waals surface area contributed by atoms with Gasteiger partial charge < -0.3 is 20.9 Å². The maximum Gasteiger partial charge on any atom is 0.315 e. The van der Waals surface area contributed by atoms with E-state index in [2.05, 4.69) is 30.7 Å². The van der Waals surface area contributed by atoms with Crippen LogP contribution >= 0.6 is 0 Å². The van der Waals surface area contributed by atoms with E-state index >= 15 is 0 Å². The first-order valence-corrected chi connectivity index (χ1v) is 13.8. The molecular formula is C25H45FN6O. The fourth-order valence-electron chi connectivity index (χ4n) is 7.11. The molecule has 5 heterocycles. The molecule has 7 nitrogen and oxygen atoms in total. The third-order valence-corrected chi connectivity index (χ3v) is 9.08. The first-order valence-electron chi connectivity index (χ1n) is 13.8. The minimum atomic E-state index is -0.756. The van der Waals surface area contributed by atoms with Gasteiger partial charge in [-0.05, 0) is 82.7 Å². The van der Waals surface area contributed by atoms with Gasteiger partial charge in [-0.25, -0.2) is 9.18 Å². The summed E-state index contributed by atoms with van der Waals surface area (Å²) in [7, 11) is 0. The van der Waals surface area contributed by atoms with Gasteiger partial charge in [0.2, 0.25) is 0 Å². The van der Waals surface area contributed by atoms with Crippen LogP contribution in [0.15, 0.2) is 0 Å². The molecule has 6 rings (SSSR count). The number of halogens is 1. The smallest absolute Gasteiger partial charge is 0.315 e. The van der Waals surface area contributed by atoms with Crippen molar-refractivity contribution in [2.24, 2.45) is 11.8 Å². The Morgan fingerprint density at radius 3 is 2.55 bits per heavy atom. The average Bonchev–Trinajstić information content (AvgIpc) is 2.84. The molecule has 1 saturated carbocycles. The van der Waals surface area contributed by atoms with Crippen molar-refractivity contribution in [1.82, 2.24) is 30.7 Å². The van der Waals surface area contributed by atoms with Crippen LogP contribution in [-0.4, -0.2) is 104 Å². The Hall–Kier alpha value is -0.960. The zero-order valence-corrected chi connectivity index (χ0v) is 20.3. The van der Waals surface area contributed by atoms with Gasteiger partial charge in [-0.3, -0.25) is 9.80 Å². The van der Waals surface area contributed by atoms with Crippen LogP contribution in [0.5, 0.6) is 0 Å². The lowest BCUT2D eigenvalue weighted by molar-refractivity contribution is -0.0205. The minimum absolute atomic E-state index is 0.00407. The van der Waals surface area contributed by atoms with Crippen LogP contribution in [0.3, 0.4) is 0 Å². The second kappa shape index (κ2) is 11.2. The number of alkyl halides is 1. The minimum Gasteiger partial charge on any atom is -0.337 e. The highest BCUT2D eigenvalue weighted by Crippen LogP contribution is 2.36. The molecule has 7 atom stereocenters. The van der Waals surface area contributed by atoms with E-state index in [1.54, 1.807) is 0 Å². The van der Waals surface area contributed by atoms with Crippen molar-refractivity contribution in [1.29, 1.82) is 0 Å².